The van der Waals surface area contributed by atoms with Gasteiger partial charge >= 0.3 is 6.09 Å². The average molecular weight is 463 g/mol. The topological polar surface area (TPSA) is 86.5 Å². The molecule has 1 saturated heterocycles. The second kappa shape index (κ2) is 10.2. The number of para-hydroxylation sites is 1. The van der Waals surface area contributed by atoms with Crippen molar-refractivity contribution in [2.45, 2.75) is 51.7 Å². The number of fused-ring (bicyclic) bond motifs is 1. The molecular formula is C27H34N4O3. The van der Waals surface area contributed by atoms with Gasteiger partial charge < -0.3 is 25.3 Å². The number of carbonyl (C=O) groups excluding carboxylic acids is 2. The van der Waals surface area contributed by atoms with Gasteiger partial charge in [-0.1, -0.05) is 30.3 Å². The minimum Gasteiger partial charge on any atom is -0.444 e. The lowest BCUT2D eigenvalue weighted by molar-refractivity contribution is 0.0528. The molecule has 7 heteroatoms. The number of aromatic amines is 1. The molecule has 4 rings (SSSR count). The van der Waals surface area contributed by atoms with E-state index in [1.165, 1.54) is 0 Å². The molecule has 0 aliphatic carbocycles. The molecular weight excluding hydrogens is 428 g/mol. The predicted octanol–water partition coefficient (Wildman–Crippen LogP) is 4.95. The third kappa shape index (κ3) is 6.31. The standard InChI is InChI=1S/C27H34N4O3/c1-27(2,3)34-26(33)28-15-12-19-8-10-21(11-9-19)29-22-13-16-31(17-14-22)25(32)24-18-20-6-4-5-7-23(20)30-24/h4-11,18,22,29-30H,12-17H2,1-3H3,(H,28,33). The van der Waals surface area contributed by atoms with E-state index in [-0.39, 0.29) is 12.0 Å². The number of hydrogen-bond donors (Lipinski definition) is 3. The van der Waals surface area contributed by atoms with Crippen molar-refractivity contribution in [3.05, 3.63) is 65.9 Å². The van der Waals surface area contributed by atoms with Crippen LogP contribution >= 0.6 is 0 Å². The van der Waals surface area contributed by atoms with Gasteiger partial charge in [0.2, 0.25) is 0 Å². The molecule has 34 heavy (non-hydrogen) atoms. The average Bonchev–Trinajstić information content (AvgIpc) is 3.23. The van der Waals surface area contributed by atoms with Gasteiger partial charge in [-0.15, -0.1) is 0 Å². The Morgan fingerprint density at radius 1 is 1.06 bits per heavy atom. The normalized spacial score (nSPS) is 14.7. The van der Waals surface area contributed by atoms with Gasteiger partial charge in [-0.05, 0) is 69.9 Å². The van der Waals surface area contributed by atoms with Crippen molar-refractivity contribution < 1.29 is 14.3 Å². The van der Waals surface area contributed by atoms with E-state index in [2.05, 4.69) is 39.9 Å². The van der Waals surface area contributed by atoms with Crippen LogP contribution in [0.2, 0.25) is 0 Å². The Morgan fingerprint density at radius 3 is 2.44 bits per heavy atom. The highest BCUT2D eigenvalue weighted by atomic mass is 16.6. The van der Waals surface area contributed by atoms with E-state index in [1.807, 2.05) is 56.0 Å². The lowest BCUT2D eigenvalue weighted by Crippen LogP contribution is -2.42. The molecule has 1 aromatic heterocycles. The Balaban J connectivity index is 1.21. The van der Waals surface area contributed by atoms with E-state index in [0.717, 1.165) is 54.5 Å². The first-order valence-electron chi connectivity index (χ1n) is 12.0. The van der Waals surface area contributed by atoms with Crippen LogP contribution < -0.4 is 10.6 Å². The van der Waals surface area contributed by atoms with Gasteiger partial charge in [0.15, 0.2) is 0 Å². The number of ether oxygens (including phenoxy) is 1. The maximum Gasteiger partial charge on any atom is 0.407 e. The fourth-order valence-corrected chi connectivity index (χ4v) is 4.21. The van der Waals surface area contributed by atoms with E-state index in [9.17, 15) is 9.59 Å². The summed E-state index contributed by atoms with van der Waals surface area (Å²) >= 11 is 0. The molecule has 0 atom stereocenters. The summed E-state index contributed by atoms with van der Waals surface area (Å²) in [4.78, 5) is 29.8. The van der Waals surface area contributed by atoms with Crippen LogP contribution in [0.15, 0.2) is 54.6 Å². The molecule has 180 valence electrons. The Bertz CT molecular complexity index is 1090. The van der Waals surface area contributed by atoms with Gasteiger partial charge in [0, 0.05) is 42.3 Å². The molecule has 1 aliphatic rings. The minimum atomic E-state index is -0.489. The summed E-state index contributed by atoms with van der Waals surface area (Å²) in [5, 5.41) is 7.44. The molecule has 0 radical (unpaired) electrons. The first-order chi connectivity index (χ1) is 16.3. The Morgan fingerprint density at radius 2 is 1.76 bits per heavy atom. The van der Waals surface area contributed by atoms with Gasteiger partial charge in [0.05, 0.1) is 0 Å². The maximum absolute atomic E-state index is 12.9. The van der Waals surface area contributed by atoms with E-state index in [0.29, 0.717) is 18.3 Å². The van der Waals surface area contributed by atoms with Crippen LogP contribution in [0.25, 0.3) is 10.9 Å². The number of amides is 2. The minimum absolute atomic E-state index is 0.0685. The van der Waals surface area contributed by atoms with E-state index < -0.39 is 5.60 Å². The number of nitrogens with zero attached hydrogens (tertiary/aromatic N) is 1. The quantitative estimate of drug-likeness (QED) is 0.484. The number of carbonyl (C=O) groups is 2. The van der Waals surface area contributed by atoms with Crippen molar-refractivity contribution >= 4 is 28.6 Å². The maximum atomic E-state index is 12.9. The molecule has 0 saturated carbocycles. The number of anilines is 1. The van der Waals surface area contributed by atoms with Crippen LogP contribution in [-0.4, -0.2) is 53.2 Å². The first-order valence-corrected chi connectivity index (χ1v) is 12.0. The van der Waals surface area contributed by atoms with Gasteiger partial charge in [0.25, 0.3) is 5.91 Å². The first kappa shape index (κ1) is 23.7. The van der Waals surface area contributed by atoms with E-state index >= 15 is 0 Å². The predicted molar refractivity (Wildman–Crippen MR) is 135 cm³/mol. The van der Waals surface area contributed by atoms with Gasteiger partial charge in [-0.3, -0.25) is 4.79 Å². The largest absolute Gasteiger partial charge is 0.444 e. The van der Waals surface area contributed by atoms with Gasteiger partial charge in [-0.2, -0.15) is 0 Å². The zero-order chi connectivity index (χ0) is 24.1. The highest BCUT2D eigenvalue weighted by Crippen LogP contribution is 2.21. The number of likely N-dealkylation sites (tertiary alicyclic amines) is 1. The van der Waals surface area contributed by atoms with Gasteiger partial charge in [-0.25, -0.2) is 4.79 Å². The molecule has 2 heterocycles. The van der Waals surface area contributed by atoms with Crippen LogP contribution in [0.3, 0.4) is 0 Å². The number of nitrogens with one attached hydrogen (secondary N) is 3. The van der Waals surface area contributed by atoms with E-state index in [4.69, 9.17) is 4.74 Å². The van der Waals surface area contributed by atoms with Crippen molar-refractivity contribution in [3.63, 3.8) is 0 Å². The summed E-state index contributed by atoms with van der Waals surface area (Å²) in [6.45, 7) is 7.56. The highest BCUT2D eigenvalue weighted by molar-refractivity contribution is 5.98. The zero-order valence-corrected chi connectivity index (χ0v) is 20.2. The summed E-state index contributed by atoms with van der Waals surface area (Å²) in [5.74, 6) is 0.0685. The van der Waals surface area contributed by atoms with Crippen molar-refractivity contribution in [1.82, 2.24) is 15.2 Å². The third-order valence-corrected chi connectivity index (χ3v) is 5.95. The number of alkyl carbamates (subject to hydrolysis) is 1. The van der Waals surface area contributed by atoms with Crippen LogP contribution in [0.1, 0.15) is 49.7 Å². The molecule has 3 N–H and O–H groups in total. The fraction of sp³-hybridized carbons (Fsp3) is 0.407. The lowest BCUT2D eigenvalue weighted by Gasteiger charge is -2.32. The zero-order valence-electron chi connectivity index (χ0n) is 20.2. The molecule has 2 aromatic carbocycles. The lowest BCUT2D eigenvalue weighted by atomic mass is 10.0. The number of H-pyrrole nitrogens is 1. The molecule has 3 aromatic rings. The SMILES string of the molecule is CC(C)(C)OC(=O)NCCc1ccc(NC2CCN(C(=O)c3cc4ccccc4[nH]3)CC2)cc1. The van der Waals surface area contributed by atoms with Crippen molar-refractivity contribution in [3.8, 4) is 0 Å². The smallest absolute Gasteiger partial charge is 0.407 e. The Kier molecular flexibility index (Phi) is 7.10. The summed E-state index contributed by atoms with van der Waals surface area (Å²) in [6, 6.07) is 18.5. The number of aromatic nitrogens is 1. The molecule has 2 amide bonds. The molecule has 1 fully saturated rings. The van der Waals surface area contributed by atoms with Crippen LogP contribution in [0.4, 0.5) is 10.5 Å². The molecule has 1 aliphatic heterocycles. The summed E-state index contributed by atoms with van der Waals surface area (Å²) in [7, 11) is 0. The monoisotopic (exact) mass is 462 g/mol. The third-order valence-electron chi connectivity index (χ3n) is 5.95. The van der Waals surface area contributed by atoms with Crippen molar-refractivity contribution in [2.24, 2.45) is 0 Å². The second-order valence-corrected chi connectivity index (χ2v) is 9.86. The number of rotatable bonds is 6. The van der Waals surface area contributed by atoms with Crippen molar-refractivity contribution in [2.75, 3.05) is 25.0 Å². The van der Waals surface area contributed by atoms with Crippen LogP contribution in [0, 0.1) is 0 Å². The molecule has 0 bridgehead atoms. The van der Waals surface area contributed by atoms with Crippen molar-refractivity contribution in [1.29, 1.82) is 0 Å². The van der Waals surface area contributed by atoms with E-state index in [1.54, 1.807) is 0 Å². The molecule has 0 unspecified atom stereocenters. The van der Waals surface area contributed by atoms with Crippen LogP contribution in [0.5, 0.6) is 0 Å². The number of benzene rings is 2. The number of piperidine rings is 1. The molecule has 0 spiro atoms. The van der Waals surface area contributed by atoms with Crippen LogP contribution in [-0.2, 0) is 11.2 Å². The summed E-state index contributed by atoms with van der Waals surface area (Å²) in [5.41, 5.74) is 3.39. The van der Waals surface area contributed by atoms with Gasteiger partial charge in [0.1, 0.15) is 11.3 Å². The summed E-state index contributed by atoms with van der Waals surface area (Å²) < 4.78 is 5.25. The Hall–Kier alpha value is -3.48. The fourth-order valence-electron chi connectivity index (χ4n) is 4.21. The highest BCUT2D eigenvalue weighted by Gasteiger charge is 2.24. The molecule has 7 nitrogen and oxygen atoms in total. The number of hydrogen-bond acceptors (Lipinski definition) is 4. The summed E-state index contributed by atoms with van der Waals surface area (Å²) in [6.07, 6.45) is 2.18. The Labute approximate surface area is 200 Å². The second-order valence-electron chi connectivity index (χ2n) is 9.86.